The van der Waals surface area contributed by atoms with Crippen LogP contribution < -0.4 is 16.0 Å². The molecule has 3 N–H and O–H groups in total. The summed E-state index contributed by atoms with van der Waals surface area (Å²) in [5.74, 6) is 0.0873. The molecule has 1 aliphatic heterocycles. The van der Waals surface area contributed by atoms with Gasteiger partial charge in [-0.1, -0.05) is 37.6 Å². The smallest absolute Gasteiger partial charge is 0.237 e. The lowest BCUT2D eigenvalue weighted by molar-refractivity contribution is -0.124. The van der Waals surface area contributed by atoms with Crippen LogP contribution in [0.3, 0.4) is 0 Å². The molecule has 0 radical (unpaired) electrons. The minimum Gasteiger partial charge on any atom is -0.368 e. The summed E-state index contributed by atoms with van der Waals surface area (Å²) in [6.07, 6.45) is 2.02. The molecule has 0 saturated carbocycles. The number of rotatable bonds is 4. The van der Waals surface area contributed by atoms with Crippen molar-refractivity contribution in [3.05, 3.63) is 29.3 Å². The SMILES string of the molecule is CC(C)[C@H](N)C(=O)NC1CCCN(c2ccccc2Cl)C1.Cl. The normalized spacial score (nSPS) is 19.5. The Balaban J connectivity index is 0.00000242. The van der Waals surface area contributed by atoms with Gasteiger partial charge >= 0.3 is 0 Å². The van der Waals surface area contributed by atoms with Crippen LogP contribution in [-0.4, -0.2) is 31.1 Å². The molecule has 2 rings (SSSR count). The molecule has 1 fully saturated rings. The molecule has 6 heteroatoms. The maximum absolute atomic E-state index is 12.1. The second-order valence-electron chi connectivity index (χ2n) is 6.01. The van der Waals surface area contributed by atoms with Crippen LogP contribution in [0, 0.1) is 5.92 Å². The van der Waals surface area contributed by atoms with E-state index >= 15 is 0 Å². The van der Waals surface area contributed by atoms with Crippen molar-refractivity contribution >= 4 is 35.6 Å². The molecule has 1 unspecified atom stereocenters. The highest BCUT2D eigenvalue weighted by molar-refractivity contribution is 6.33. The number of nitrogens with zero attached hydrogens (tertiary/aromatic N) is 1. The second kappa shape index (κ2) is 8.61. The lowest BCUT2D eigenvalue weighted by Gasteiger charge is -2.35. The molecule has 2 atom stereocenters. The van der Waals surface area contributed by atoms with Crippen LogP contribution in [0.4, 0.5) is 5.69 Å². The Labute approximate surface area is 143 Å². The number of amides is 1. The van der Waals surface area contributed by atoms with Gasteiger partial charge in [-0.2, -0.15) is 0 Å². The van der Waals surface area contributed by atoms with Crippen LogP contribution in [0.2, 0.25) is 5.02 Å². The van der Waals surface area contributed by atoms with E-state index in [1.54, 1.807) is 0 Å². The number of para-hydroxylation sites is 1. The number of nitrogens with two attached hydrogens (primary N) is 1. The summed E-state index contributed by atoms with van der Waals surface area (Å²) in [4.78, 5) is 14.3. The maximum atomic E-state index is 12.1. The molecule has 4 nitrogen and oxygen atoms in total. The average molecular weight is 346 g/mol. The van der Waals surface area contributed by atoms with Crippen molar-refractivity contribution in [1.82, 2.24) is 5.32 Å². The molecule has 0 bridgehead atoms. The van der Waals surface area contributed by atoms with Gasteiger partial charge in [-0.3, -0.25) is 4.79 Å². The van der Waals surface area contributed by atoms with Crippen LogP contribution in [0.25, 0.3) is 0 Å². The van der Waals surface area contributed by atoms with Gasteiger partial charge in [0, 0.05) is 19.1 Å². The standard InChI is InChI=1S/C16H24ClN3O.ClH/c1-11(2)15(18)16(21)19-12-6-5-9-20(10-12)14-8-4-3-7-13(14)17;/h3-4,7-8,11-12,15H,5-6,9-10,18H2,1-2H3,(H,19,21);1H/t12?,15-;/m0./s1. The lowest BCUT2D eigenvalue weighted by atomic mass is 10.0. The molecule has 1 amide bonds. The maximum Gasteiger partial charge on any atom is 0.237 e. The van der Waals surface area contributed by atoms with Crippen LogP contribution in [0.5, 0.6) is 0 Å². The third-order valence-corrected chi connectivity index (χ3v) is 4.30. The Morgan fingerprint density at radius 1 is 1.41 bits per heavy atom. The lowest BCUT2D eigenvalue weighted by Crippen LogP contribution is -2.53. The fourth-order valence-corrected chi connectivity index (χ4v) is 2.88. The minimum absolute atomic E-state index is 0. The zero-order valence-corrected chi connectivity index (χ0v) is 14.7. The summed E-state index contributed by atoms with van der Waals surface area (Å²) in [6, 6.07) is 7.52. The summed E-state index contributed by atoms with van der Waals surface area (Å²) in [7, 11) is 0. The Kier molecular flexibility index (Phi) is 7.46. The van der Waals surface area contributed by atoms with Crippen LogP contribution >= 0.6 is 24.0 Å². The number of halogens is 2. The summed E-state index contributed by atoms with van der Waals surface area (Å²) in [5.41, 5.74) is 6.93. The Morgan fingerprint density at radius 2 is 2.09 bits per heavy atom. The highest BCUT2D eigenvalue weighted by atomic mass is 35.5. The van der Waals surface area contributed by atoms with Crippen LogP contribution in [0.1, 0.15) is 26.7 Å². The molecular formula is C16H25Cl2N3O. The van der Waals surface area contributed by atoms with Gasteiger partial charge < -0.3 is 16.0 Å². The van der Waals surface area contributed by atoms with Gasteiger partial charge in [0.15, 0.2) is 0 Å². The van der Waals surface area contributed by atoms with Gasteiger partial charge in [0.05, 0.1) is 16.8 Å². The van der Waals surface area contributed by atoms with Crippen molar-refractivity contribution < 1.29 is 4.79 Å². The molecule has 1 aromatic rings. The van der Waals surface area contributed by atoms with Gasteiger partial charge in [-0.05, 0) is 30.9 Å². The Hall–Kier alpha value is -0.970. The summed E-state index contributed by atoms with van der Waals surface area (Å²) < 4.78 is 0. The topological polar surface area (TPSA) is 58.4 Å². The molecule has 0 spiro atoms. The van der Waals surface area contributed by atoms with Crippen molar-refractivity contribution in [2.45, 2.75) is 38.8 Å². The number of hydrogen-bond acceptors (Lipinski definition) is 3. The number of carbonyl (C=O) groups is 1. The van der Waals surface area contributed by atoms with Gasteiger partial charge in [0.25, 0.3) is 0 Å². The molecular weight excluding hydrogens is 321 g/mol. The molecule has 1 aliphatic rings. The van der Waals surface area contributed by atoms with E-state index in [4.69, 9.17) is 17.3 Å². The van der Waals surface area contributed by atoms with Gasteiger partial charge in [-0.25, -0.2) is 0 Å². The van der Waals surface area contributed by atoms with E-state index in [0.29, 0.717) is 0 Å². The second-order valence-corrected chi connectivity index (χ2v) is 6.42. The van der Waals surface area contributed by atoms with Gasteiger partial charge in [0.2, 0.25) is 5.91 Å². The number of nitrogens with one attached hydrogen (secondary N) is 1. The number of hydrogen-bond donors (Lipinski definition) is 2. The summed E-state index contributed by atoms with van der Waals surface area (Å²) in [5, 5.41) is 3.82. The molecule has 0 aromatic heterocycles. The van der Waals surface area contributed by atoms with E-state index in [2.05, 4.69) is 10.2 Å². The van der Waals surface area contributed by atoms with Crippen molar-refractivity contribution in [1.29, 1.82) is 0 Å². The molecule has 0 aliphatic carbocycles. The van der Waals surface area contributed by atoms with E-state index in [9.17, 15) is 4.79 Å². The third kappa shape index (κ3) is 4.77. The van der Waals surface area contributed by atoms with E-state index in [-0.39, 0.29) is 30.3 Å². The van der Waals surface area contributed by atoms with E-state index in [1.807, 2.05) is 38.1 Å². The number of piperidine rings is 1. The zero-order valence-electron chi connectivity index (χ0n) is 13.1. The van der Waals surface area contributed by atoms with Crippen molar-refractivity contribution in [2.24, 2.45) is 11.7 Å². The first kappa shape index (κ1) is 19.1. The first-order chi connectivity index (χ1) is 9.99. The van der Waals surface area contributed by atoms with E-state index < -0.39 is 6.04 Å². The zero-order chi connectivity index (χ0) is 15.4. The number of carbonyl (C=O) groups excluding carboxylic acids is 1. The van der Waals surface area contributed by atoms with Gasteiger partial charge in [-0.15, -0.1) is 12.4 Å². The number of anilines is 1. The number of benzene rings is 1. The van der Waals surface area contributed by atoms with E-state index in [1.165, 1.54) is 0 Å². The highest BCUT2D eigenvalue weighted by Crippen LogP contribution is 2.27. The molecule has 22 heavy (non-hydrogen) atoms. The molecule has 124 valence electrons. The first-order valence-corrected chi connectivity index (χ1v) is 7.92. The van der Waals surface area contributed by atoms with E-state index in [0.717, 1.165) is 36.6 Å². The average Bonchev–Trinajstić information content (AvgIpc) is 2.47. The molecule has 1 aromatic carbocycles. The highest BCUT2D eigenvalue weighted by Gasteiger charge is 2.25. The molecule has 1 saturated heterocycles. The minimum atomic E-state index is -0.444. The van der Waals surface area contributed by atoms with Crippen LogP contribution in [-0.2, 0) is 4.79 Å². The fourth-order valence-electron chi connectivity index (χ4n) is 2.62. The third-order valence-electron chi connectivity index (χ3n) is 3.98. The van der Waals surface area contributed by atoms with Crippen LogP contribution in [0.15, 0.2) is 24.3 Å². The van der Waals surface area contributed by atoms with Crippen molar-refractivity contribution in [2.75, 3.05) is 18.0 Å². The Bertz CT molecular complexity index is 496. The van der Waals surface area contributed by atoms with Gasteiger partial charge in [0.1, 0.15) is 0 Å². The first-order valence-electron chi connectivity index (χ1n) is 7.54. The Morgan fingerprint density at radius 3 is 2.73 bits per heavy atom. The molecule has 1 heterocycles. The predicted octanol–water partition coefficient (Wildman–Crippen LogP) is 2.83. The van der Waals surface area contributed by atoms with Crippen molar-refractivity contribution in [3.63, 3.8) is 0 Å². The van der Waals surface area contributed by atoms with Crippen molar-refractivity contribution in [3.8, 4) is 0 Å². The quantitative estimate of drug-likeness (QED) is 0.881. The monoisotopic (exact) mass is 345 g/mol. The predicted molar refractivity (Wildman–Crippen MR) is 94.9 cm³/mol. The largest absolute Gasteiger partial charge is 0.368 e. The summed E-state index contributed by atoms with van der Waals surface area (Å²) in [6.45, 7) is 5.66. The fraction of sp³-hybridized carbons (Fsp3) is 0.562. The summed E-state index contributed by atoms with van der Waals surface area (Å²) >= 11 is 6.25.